The van der Waals surface area contributed by atoms with Crippen molar-refractivity contribution in [2.24, 2.45) is 0 Å². The minimum atomic E-state index is -5.39. The monoisotopic (exact) mass is 585 g/mol. The number of benzene rings is 2. The van der Waals surface area contributed by atoms with E-state index in [-0.39, 0.29) is 16.6 Å². The molecular weight excluding hydrogens is 583 g/mol. The van der Waals surface area contributed by atoms with Crippen molar-refractivity contribution in [2.45, 2.75) is 12.4 Å². The van der Waals surface area contributed by atoms with Crippen molar-refractivity contribution in [3.63, 3.8) is 0 Å². The zero-order valence-corrected chi connectivity index (χ0v) is 17.6. The van der Waals surface area contributed by atoms with Crippen LogP contribution >= 0.6 is 43.5 Å². The normalized spacial score (nSPS) is 12.0. The fourth-order valence-corrected chi connectivity index (χ4v) is 3.67. The molecule has 2 rings (SSSR count). The van der Waals surface area contributed by atoms with E-state index in [1.165, 1.54) is 0 Å². The quantitative estimate of drug-likeness (QED) is 0.173. The van der Waals surface area contributed by atoms with Gasteiger partial charge in [0.25, 0.3) is 11.4 Å². The molecule has 0 spiro atoms. The van der Waals surface area contributed by atoms with Crippen molar-refractivity contribution in [3.05, 3.63) is 63.5 Å². The Hall–Kier alpha value is -2.13. The Bertz CT molecular complexity index is 1060. The van der Waals surface area contributed by atoms with E-state index >= 15 is 0 Å². The third-order valence-corrected chi connectivity index (χ3v) is 5.80. The summed E-state index contributed by atoms with van der Waals surface area (Å²) in [5.74, 6) is 0. The molecule has 16 heteroatoms. The average molecular weight is 587 g/mol. The molecule has 0 aliphatic rings. The van der Waals surface area contributed by atoms with Gasteiger partial charge in [0.05, 0.1) is 37.7 Å². The first-order chi connectivity index (χ1) is 13.6. The van der Waals surface area contributed by atoms with E-state index in [1.54, 1.807) is 5.32 Å². The maximum absolute atomic E-state index is 13.5. The zero-order chi connectivity index (χ0) is 23.2. The van der Waals surface area contributed by atoms with Crippen molar-refractivity contribution in [3.8, 4) is 0 Å². The summed E-state index contributed by atoms with van der Waals surface area (Å²) in [6.45, 7) is 0. The fraction of sp³-hybridized carbons (Fsp3) is 0.143. The van der Waals surface area contributed by atoms with Gasteiger partial charge in [-0.3, -0.25) is 20.2 Å². The number of halogens is 9. The predicted molar refractivity (Wildman–Crippen MR) is 99.9 cm³/mol. The number of nitrogens with one attached hydrogen (secondary N) is 1. The molecular formula is C14H4Br2ClF6N3O4. The largest absolute Gasteiger partial charge is 0.419 e. The first-order valence-corrected chi connectivity index (χ1v) is 9.07. The molecule has 30 heavy (non-hydrogen) atoms. The van der Waals surface area contributed by atoms with Crippen LogP contribution < -0.4 is 5.32 Å². The van der Waals surface area contributed by atoms with Crippen molar-refractivity contribution in [1.82, 2.24) is 0 Å². The minimum Gasteiger partial charge on any atom is -0.348 e. The molecule has 0 aromatic heterocycles. The Morgan fingerprint density at radius 2 is 1.47 bits per heavy atom. The summed E-state index contributed by atoms with van der Waals surface area (Å²) in [4.78, 5) is 19.4. The average Bonchev–Trinajstić information content (AvgIpc) is 2.57. The van der Waals surface area contributed by atoms with Crippen molar-refractivity contribution in [1.29, 1.82) is 0 Å². The number of hydrogen-bond donors (Lipinski definition) is 1. The van der Waals surface area contributed by atoms with Crippen molar-refractivity contribution >= 4 is 66.2 Å². The number of anilines is 2. The van der Waals surface area contributed by atoms with Crippen LogP contribution in [0, 0.1) is 20.2 Å². The van der Waals surface area contributed by atoms with Gasteiger partial charge in [-0.1, -0.05) is 11.6 Å². The van der Waals surface area contributed by atoms with E-state index in [9.17, 15) is 46.6 Å². The molecule has 0 unspecified atom stereocenters. The van der Waals surface area contributed by atoms with Gasteiger partial charge in [-0.2, -0.15) is 26.3 Å². The van der Waals surface area contributed by atoms with Gasteiger partial charge in [0, 0.05) is 15.0 Å². The van der Waals surface area contributed by atoms with Gasteiger partial charge in [-0.25, -0.2) is 0 Å². The number of alkyl halides is 6. The molecule has 0 atom stereocenters. The van der Waals surface area contributed by atoms with Crippen LogP contribution in [0.1, 0.15) is 11.1 Å². The van der Waals surface area contributed by atoms with Crippen molar-refractivity contribution < 1.29 is 36.2 Å². The second kappa shape index (κ2) is 8.19. The molecule has 0 fully saturated rings. The Kier molecular flexibility index (Phi) is 6.59. The first kappa shape index (κ1) is 24.1. The summed E-state index contributed by atoms with van der Waals surface area (Å²) in [6.07, 6.45) is -10.5. The van der Waals surface area contributed by atoms with E-state index in [0.717, 1.165) is 6.07 Å². The Labute approximate surface area is 183 Å². The summed E-state index contributed by atoms with van der Waals surface area (Å²) in [5, 5.41) is 23.1. The number of nitro groups is 2. The van der Waals surface area contributed by atoms with Gasteiger partial charge in [0.15, 0.2) is 0 Å². The Morgan fingerprint density at radius 1 is 0.900 bits per heavy atom. The number of hydrogen-bond acceptors (Lipinski definition) is 5. The van der Waals surface area contributed by atoms with Crippen LogP contribution in [0.2, 0.25) is 5.02 Å². The summed E-state index contributed by atoms with van der Waals surface area (Å²) < 4.78 is 80.2. The summed E-state index contributed by atoms with van der Waals surface area (Å²) in [7, 11) is 0. The lowest BCUT2D eigenvalue weighted by Crippen LogP contribution is -2.15. The lowest BCUT2D eigenvalue weighted by molar-refractivity contribution is -0.394. The van der Waals surface area contributed by atoms with E-state index in [4.69, 9.17) is 11.6 Å². The van der Waals surface area contributed by atoms with Crippen LogP contribution in [-0.4, -0.2) is 9.85 Å². The molecule has 0 saturated heterocycles. The van der Waals surface area contributed by atoms with Crippen LogP contribution in [0.25, 0.3) is 0 Å². The molecule has 0 radical (unpaired) electrons. The standard InChI is InChI=1S/C14H4Br2ClF6N3O4/c15-6-3-7(17)12(9(10(6)16)14(21,22)23)24-11-5(13(18,19)20)1-4(25(27)28)2-8(11)26(29)30/h1-3,24H. The van der Waals surface area contributed by atoms with Gasteiger partial charge in [-0.05, 0) is 37.9 Å². The van der Waals surface area contributed by atoms with Crippen LogP contribution in [-0.2, 0) is 12.4 Å². The van der Waals surface area contributed by atoms with E-state index < -0.39 is 65.6 Å². The number of nitro benzene ring substituents is 2. The Morgan fingerprint density at radius 3 is 1.90 bits per heavy atom. The molecule has 0 heterocycles. The predicted octanol–water partition coefficient (Wildman–Crippen LogP) is 7.46. The molecule has 0 aliphatic heterocycles. The molecule has 1 N–H and O–H groups in total. The van der Waals surface area contributed by atoms with Crippen LogP contribution in [0.5, 0.6) is 0 Å². The SMILES string of the molecule is O=[N+]([O-])c1cc([N+](=O)[O-])c(Nc2c(Cl)cc(Br)c(Br)c2C(F)(F)F)c(C(F)(F)F)c1. The van der Waals surface area contributed by atoms with Crippen LogP contribution in [0.3, 0.4) is 0 Å². The fourth-order valence-electron chi connectivity index (χ4n) is 2.33. The van der Waals surface area contributed by atoms with Gasteiger partial charge in [-0.15, -0.1) is 0 Å². The van der Waals surface area contributed by atoms with E-state index in [1.807, 2.05) is 0 Å². The van der Waals surface area contributed by atoms with Crippen LogP contribution in [0.4, 0.5) is 49.1 Å². The first-order valence-electron chi connectivity index (χ1n) is 7.11. The molecule has 0 amide bonds. The molecule has 0 bridgehead atoms. The van der Waals surface area contributed by atoms with Gasteiger partial charge in [0.2, 0.25) is 0 Å². The molecule has 2 aromatic carbocycles. The summed E-state index contributed by atoms with van der Waals surface area (Å²) >= 11 is 11.2. The van der Waals surface area contributed by atoms with Gasteiger partial charge in [0.1, 0.15) is 5.69 Å². The van der Waals surface area contributed by atoms with Crippen LogP contribution in [0.15, 0.2) is 27.1 Å². The molecule has 0 saturated carbocycles. The lowest BCUT2D eigenvalue weighted by atomic mass is 10.1. The van der Waals surface area contributed by atoms with E-state index in [0.29, 0.717) is 0 Å². The number of rotatable bonds is 4. The summed E-state index contributed by atoms with van der Waals surface area (Å²) in [6, 6.07) is 1.06. The lowest BCUT2D eigenvalue weighted by Gasteiger charge is -2.20. The smallest absolute Gasteiger partial charge is 0.348 e. The molecule has 0 aliphatic carbocycles. The topological polar surface area (TPSA) is 98.3 Å². The van der Waals surface area contributed by atoms with Gasteiger partial charge < -0.3 is 5.32 Å². The highest BCUT2D eigenvalue weighted by atomic mass is 79.9. The molecule has 2 aromatic rings. The Balaban J connectivity index is 2.92. The summed E-state index contributed by atoms with van der Waals surface area (Å²) in [5.41, 5.74) is -8.80. The third-order valence-electron chi connectivity index (χ3n) is 3.52. The van der Waals surface area contributed by atoms with Gasteiger partial charge >= 0.3 is 12.4 Å². The number of non-ortho nitro benzene ring substituents is 1. The highest BCUT2D eigenvalue weighted by Gasteiger charge is 2.42. The minimum absolute atomic E-state index is 0.0373. The zero-order valence-electron chi connectivity index (χ0n) is 13.7. The maximum Gasteiger partial charge on any atom is 0.419 e. The second-order valence-electron chi connectivity index (χ2n) is 5.43. The maximum atomic E-state index is 13.5. The van der Waals surface area contributed by atoms with Crippen molar-refractivity contribution in [2.75, 3.05) is 5.32 Å². The second-order valence-corrected chi connectivity index (χ2v) is 7.48. The highest BCUT2D eigenvalue weighted by Crippen LogP contribution is 2.50. The van der Waals surface area contributed by atoms with E-state index in [2.05, 4.69) is 31.9 Å². The molecule has 7 nitrogen and oxygen atoms in total. The highest BCUT2D eigenvalue weighted by molar-refractivity contribution is 9.13. The third kappa shape index (κ3) is 4.78. The molecule has 162 valence electrons. The number of nitrogens with zero attached hydrogens (tertiary/aromatic N) is 2.